The predicted molar refractivity (Wildman–Crippen MR) is 94.7 cm³/mol. The maximum atomic E-state index is 12.5. The number of benzene rings is 2. The van der Waals surface area contributed by atoms with Gasteiger partial charge in [-0.1, -0.05) is 0 Å². The molecule has 0 bridgehead atoms. The quantitative estimate of drug-likeness (QED) is 0.400. The van der Waals surface area contributed by atoms with Crippen LogP contribution in [0.2, 0.25) is 0 Å². The first kappa shape index (κ1) is 16.3. The molecule has 1 aromatic heterocycles. The second-order valence-corrected chi connectivity index (χ2v) is 6.24. The molecule has 2 aromatic carbocycles. The molecule has 1 aliphatic rings. The highest BCUT2D eigenvalue weighted by atomic mass is 16.5. The van der Waals surface area contributed by atoms with E-state index in [-0.39, 0.29) is 0 Å². The van der Waals surface area contributed by atoms with E-state index in [1.54, 1.807) is 24.3 Å². The number of hydrogen-bond donors (Lipinski definition) is 0. The first-order valence-electron chi connectivity index (χ1n) is 8.27. The lowest BCUT2D eigenvalue weighted by Gasteiger charge is -2.12. The largest absolute Gasteiger partial charge is 0.465 e. The number of ether oxygens (including phenoxy) is 2. The number of carbonyl (C=O) groups excluding carboxylic acids is 2. The second kappa shape index (κ2) is 5.98. The molecule has 132 valence electrons. The van der Waals surface area contributed by atoms with E-state index in [2.05, 4.69) is 0 Å². The van der Waals surface area contributed by atoms with Gasteiger partial charge in [0.25, 0.3) is 0 Å². The van der Waals surface area contributed by atoms with Gasteiger partial charge in [0.15, 0.2) is 0 Å². The molecule has 0 saturated carbocycles. The van der Waals surface area contributed by atoms with Crippen molar-refractivity contribution in [1.82, 2.24) is 0 Å². The number of aryl methyl sites for hydroxylation is 1. The monoisotopic (exact) mass is 352 g/mol. The number of carbonyl (C=O) groups is 2. The third kappa shape index (κ3) is 2.29. The summed E-state index contributed by atoms with van der Waals surface area (Å²) in [6, 6.07) is 6.37. The van der Waals surface area contributed by atoms with Crippen molar-refractivity contribution in [2.24, 2.45) is 0 Å². The van der Waals surface area contributed by atoms with Gasteiger partial charge in [-0.3, -0.25) is 0 Å². The molecule has 0 N–H and O–H groups in total. The normalized spacial score (nSPS) is 13.0. The van der Waals surface area contributed by atoms with Crippen LogP contribution in [0.1, 0.15) is 38.3 Å². The van der Waals surface area contributed by atoms with Crippen molar-refractivity contribution in [3.63, 3.8) is 0 Å². The van der Waals surface area contributed by atoms with E-state index < -0.39 is 17.6 Å². The van der Waals surface area contributed by atoms with Crippen molar-refractivity contribution < 1.29 is 23.5 Å². The third-order valence-electron chi connectivity index (χ3n) is 4.90. The lowest BCUT2D eigenvalue weighted by atomic mass is 9.94. The average molecular weight is 352 g/mol. The molecule has 4 rings (SSSR count). The van der Waals surface area contributed by atoms with Crippen molar-refractivity contribution in [2.75, 3.05) is 14.2 Å². The Kier molecular flexibility index (Phi) is 3.76. The Hall–Kier alpha value is -3.15. The van der Waals surface area contributed by atoms with Gasteiger partial charge in [-0.15, -0.1) is 0 Å². The van der Waals surface area contributed by atoms with Gasteiger partial charge < -0.3 is 13.9 Å². The van der Waals surface area contributed by atoms with Crippen LogP contribution in [0, 0.1) is 0 Å². The maximum absolute atomic E-state index is 12.5. The van der Waals surface area contributed by atoms with Crippen LogP contribution in [0.3, 0.4) is 0 Å². The molecule has 0 radical (unpaired) electrons. The summed E-state index contributed by atoms with van der Waals surface area (Å²) in [7, 11) is 2.63. The maximum Gasteiger partial charge on any atom is 0.344 e. The Morgan fingerprint density at radius 1 is 0.962 bits per heavy atom. The van der Waals surface area contributed by atoms with Gasteiger partial charge in [-0.25, -0.2) is 14.4 Å². The Morgan fingerprint density at radius 3 is 2.42 bits per heavy atom. The molecule has 6 heteroatoms. The second-order valence-electron chi connectivity index (χ2n) is 6.24. The van der Waals surface area contributed by atoms with Gasteiger partial charge in [0.2, 0.25) is 0 Å². The average Bonchev–Trinajstić information content (AvgIpc) is 3.15. The Balaban J connectivity index is 2.16. The lowest BCUT2D eigenvalue weighted by molar-refractivity contribution is 0.0591. The van der Waals surface area contributed by atoms with Crippen LogP contribution in [-0.4, -0.2) is 26.2 Å². The van der Waals surface area contributed by atoms with Crippen LogP contribution >= 0.6 is 0 Å². The molecule has 0 spiro atoms. The van der Waals surface area contributed by atoms with E-state index in [4.69, 9.17) is 13.9 Å². The first-order valence-corrected chi connectivity index (χ1v) is 8.27. The molecular formula is C20H16O6. The zero-order valence-corrected chi connectivity index (χ0v) is 14.4. The number of methoxy groups -OCH3 is 2. The predicted octanol–water partition coefficient (Wildman–Crippen LogP) is 3.01. The fourth-order valence-electron chi connectivity index (χ4n) is 3.76. The summed E-state index contributed by atoms with van der Waals surface area (Å²) >= 11 is 0. The van der Waals surface area contributed by atoms with E-state index in [9.17, 15) is 14.4 Å². The summed E-state index contributed by atoms with van der Waals surface area (Å²) in [6.07, 6.45) is 2.38. The molecule has 6 nitrogen and oxygen atoms in total. The molecule has 0 aliphatic heterocycles. The topological polar surface area (TPSA) is 82.8 Å². The van der Waals surface area contributed by atoms with Crippen LogP contribution in [0.15, 0.2) is 33.5 Å². The molecule has 0 saturated heterocycles. The zero-order valence-electron chi connectivity index (χ0n) is 14.4. The van der Waals surface area contributed by atoms with Crippen LogP contribution in [0.4, 0.5) is 0 Å². The number of esters is 2. The number of fused-ring (bicyclic) bond motifs is 5. The fourth-order valence-corrected chi connectivity index (χ4v) is 3.76. The molecule has 0 amide bonds. The van der Waals surface area contributed by atoms with E-state index in [1.165, 1.54) is 14.2 Å². The van der Waals surface area contributed by atoms with Crippen molar-refractivity contribution in [2.45, 2.75) is 19.3 Å². The van der Waals surface area contributed by atoms with E-state index in [0.717, 1.165) is 35.8 Å². The minimum Gasteiger partial charge on any atom is -0.465 e. The zero-order chi connectivity index (χ0) is 18.4. The highest BCUT2D eigenvalue weighted by molar-refractivity contribution is 6.11. The molecule has 1 heterocycles. The number of rotatable bonds is 2. The first-order chi connectivity index (χ1) is 12.5. The van der Waals surface area contributed by atoms with Crippen molar-refractivity contribution in [3.05, 3.63) is 56.9 Å². The SMILES string of the molecule is COC(=O)c1ccc2oc(=O)c3cc(C(=O)OC)c4c(c3c2c1)CCC4. The smallest absolute Gasteiger partial charge is 0.344 e. The van der Waals surface area contributed by atoms with Gasteiger partial charge in [0, 0.05) is 10.8 Å². The number of hydrogen-bond acceptors (Lipinski definition) is 6. The summed E-state index contributed by atoms with van der Waals surface area (Å²) in [6.45, 7) is 0. The van der Waals surface area contributed by atoms with Gasteiger partial charge >= 0.3 is 17.6 Å². The molecule has 0 fully saturated rings. The standard InChI is InChI=1S/C20H16O6/c1-24-18(21)10-6-7-16-14(8-10)17-12-5-3-4-11(12)13(19(22)25-2)9-15(17)20(23)26-16/h6-9H,3-5H2,1-2H3. The summed E-state index contributed by atoms with van der Waals surface area (Å²) in [5.74, 6) is -0.929. The van der Waals surface area contributed by atoms with Gasteiger partial charge in [-0.2, -0.15) is 0 Å². The van der Waals surface area contributed by atoms with Crippen molar-refractivity contribution in [3.8, 4) is 0 Å². The molecule has 0 atom stereocenters. The molecule has 26 heavy (non-hydrogen) atoms. The highest BCUT2D eigenvalue weighted by Gasteiger charge is 2.25. The fraction of sp³-hybridized carbons (Fsp3) is 0.250. The molecular weight excluding hydrogens is 336 g/mol. The van der Waals surface area contributed by atoms with Crippen molar-refractivity contribution >= 4 is 33.7 Å². The van der Waals surface area contributed by atoms with E-state index in [0.29, 0.717) is 27.5 Å². The Morgan fingerprint density at radius 2 is 1.69 bits per heavy atom. The Labute approximate surface area is 148 Å². The Bertz CT molecular complexity index is 1140. The van der Waals surface area contributed by atoms with Crippen LogP contribution in [-0.2, 0) is 22.3 Å². The van der Waals surface area contributed by atoms with Gasteiger partial charge in [0.05, 0.1) is 30.7 Å². The molecule has 3 aromatic rings. The third-order valence-corrected chi connectivity index (χ3v) is 4.90. The van der Waals surface area contributed by atoms with Crippen LogP contribution < -0.4 is 5.63 Å². The van der Waals surface area contributed by atoms with Gasteiger partial charge in [-0.05, 0) is 54.7 Å². The minimum absolute atomic E-state index is 0.320. The minimum atomic E-state index is -0.516. The van der Waals surface area contributed by atoms with Gasteiger partial charge in [0.1, 0.15) is 5.58 Å². The summed E-state index contributed by atoms with van der Waals surface area (Å²) < 4.78 is 15.1. The van der Waals surface area contributed by atoms with Crippen LogP contribution in [0.25, 0.3) is 21.7 Å². The van der Waals surface area contributed by atoms with E-state index >= 15 is 0 Å². The molecule has 0 unspecified atom stereocenters. The van der Waals surface area contributed by atoms with Crippen LogP contribution in [0.5, 0.6) is 0 Å². The van der Waals surface area contributed by atoms with E-state index in [1.807, 2.05) is 0 Å². The summed E-state index contributed by atoms with van der Waals surface area (Å²) in [5.41, 5.74) is 2.51. The summed E-state index contributed by atoms with van der Waals surface area (Å²) in [4.78, 5) is 36.6. The highest BCUT2D eigenvalue weighted by Crippen LogP contribution is 2.36. The summed E-state index contributed by atoms with van der Waals surface area (Å²) in [5, 5.41) is 1.72. The lowest BCUT2D eigenvalue weighted by Crippen LogP contribution is -2.10. The molecule has 1 aliphatic carbocycles. The van der Waals surface area contributed by atoms with Crippen molar-refractivity contribution in [1.29, 1.82) is 0 Å².